The van der Waals surface area contributed by atoms with Crippen LogP contribution in [0, 0.1) is 13.8 Å². The molecule has 2 heterocycles. The number of hydrazine groups is 1. The van der Waals surface area contributed by atoms with E-state index in [0.717, 1.165) is 0 Å². The lowest BCUT2D eigenvalue weighted by atomic mass is 10.2. The molecule has 0 fully saturated rings. The molecular weight excluding hydrogens is 248 g/mol. The van der Waals surface area contributed by atoms with E-state index in [2.05, 4.69) is 16.0 Å². The maximum atomic E-state index is 11.8. The molecule has 2 rings (SSSR count). The lowest BCUT2D eigenvalue weighted by molar-refractivity contribution is 0.0845. The smallest absolute Gasteiger partial charge is 0.273 e. The Morgan fingerprint density at radius 1 is 1.26 bits per heavy atom. The van der Waals surface area contributed by atoms with Crippen LogP contribution in [0.1, 0.15) is 32.2 Å². The Morgan fingerprint density at radius 3 is 2.47 bits per heavy atom. The van der Waals surface area contributed by atoms with Crippen molar-refractivity contribution in [2.75, 3.05) is 0 Å². The predicted molar refractivity (Wildman–Crippen MR) is 66.3 cm³/mol. The second-order valence-corrected chi connectivity index (χ2v) is 4.14. The van der Waals surface area contributed by atoms with Crippen LogP contribution >= 0.6 is 0 Å². The van der Waals surface area contributed by atoms with Gasteiger partial charge in [-0.3, -0.25) is 25.1 Å². The maximum Gasteiger partial charge on any atom is 0.273 e. The van der Waals surface area contributed by atoms with Gasteiger partial charge in [-0.25, -0.2) is 0 Å². The molecule has 0 bridgehead atoms. The molecule has 2 amide bonds. The highest BCUT2D eigenvalue weighted by Crippen LogP contribution is 2.12. The summed E-state index contributed by atoms with van der Waals surface area (Å²) in [6, 6.07) is 1.61. The van der Waals surface area contributed by atoms with E-state index in [9.17, 15) is 9.59 Å². The van der Waals surface area contributed by atoms with E-state index in [1.54, 1.807) is 33.2 Å². The molecule has 2 aromatic heterocycles. The molecule has 0 aliphatic heterocycles. The molecule has 0 spiro atoms. The van der Waals surface area contributed by atoms with E-state index in [-0.39, 0.29) is 0 Å². The van der Waals surface area contributed by atoms with E-state index in [1.807, 2.05) is 0 Å². The standard InChI is InChI=1S/C12H14N4O3/c1-7-4-10(8(2)19-7)12(18)15-14-11(17)9-5-13-16(3)6-9/h4-6H,1-3H3,(H,14,17)(H,15,18). The monoisotopic (exact) mass is 262 g/mol. The number of rotatable bonds is 2. The Bertz CT molecular complexity index is 627. The third-order valence-corrected chi connectivity index (χ3v) is 2.54. The molecule has 0 aromatic carbocycles. The predicted octanol–water partition coefficient (Wildman–Crippen LogP) is 0.705. The number of amides is 2. The summed E-state index contributed by atoms with van der Waals surface area (Å²) in [6.07, 6.45) is 2.96. The third kappa shape index (κ3) is 2.82. The van der Waals surface area contributed by atoms with Crippen molar-refractivity contribution in [3.8, 4) is 0 Å². The van der Waals surface area contributed by atoms with Gasteiger partial charge in [0.1, 0.15) is 11.5 Å². The van der Waals surface area contributed by atoms with E-state index in [1.165, 1.54) is 10.9 Å². The summed E-state index contributed by atoms with van der Waals surface area (Å²) in [5.41, 5.74) is 5.40. The molecule has 100 valence electrons. The fourth-order valence-corrected chi connectivity index (χ4v) is 1.65. The van der Waals surface area contributed by atoms with Gasteiger partial charge in [0.15, 0.2) is 0 Å². The molecule has 0 radical (unpaired) electrons. The van der Waals surface area contributed by atoms with Crippen LogP contribution in [0.5, 0.6) is 0 Å². The van der Waals surface area contributed by atoms with Gasteiger partial charge in [0.2, 0.25) is 0 Å². The van der Waals surface area contributed by atoms with E-state index in [0.29, 0.717) is 22.6 Å². The number of furan rings is 1. The van der Waals surface area contributed by atoms with Crippen molar-refractivity contribution in [3.05, 3.63) is 41.1 Å². The number of aromatic nitrogens is 2. The van der Waals surface area contributed by atoms with Gasteiger partial charge in [0.25, 0.3) is 11.8 Å². The lowest BCUT2D eigenvalue weighted by Crippen LogP contribution is -2.41. The van der Waals surface area contributed by atoms with Gasteiger partial charge in [-0.15, -0.1) is 0 Å². The van der Waals surface area contributed by atoms with Gasteiger partial charge < -0.3 is 4.42 Å². The third-order valence-electron chi connectivity index (χ3n) is 2.54. The highest BCUT2D eigenvalue weighted by molar-refractivity contribution is 5.99. The fraction of sp³-hybridized carbons (Fsp3) is 0.250. The first-order valence-corrected chi connectivity index (χ1v) is 5.63. The number of carbonyl (C=O) groups excluding carboxylic acids is 2. The zero-order valence-electron chi connectivity index (χ0n) is 10.9. The number of hydrogen-bond acceptors (Lipinski definition) is 4. The molecule has 0 atom stereocenters. The Hall–Kier alpha value is -2.57. The average Bonchev–Trinajstić information content (AvgIpc) is 2.92. The molecule has 7 heteroatoms. The Morgan fingerprint density at radius 2 is 1.95 bits per heavy atom. The molecule has 2 N–H and O–H groups in total. The molecule has 0 unspecified atom stereocenters. The quantitative estimate of drug-likeness (QED) is 0.780. The van der Waals surface area contributed by atoms with Gasteiger partial charge in [0.05, 0.1) is 17.3 Å². The molecular formula is C12H14N4O3. The summed E-state index contributed by atoms with van der Waals surface area (Å²) in [4.78, 5) is 23.5. The summed E-state index contributed by atoms with van der Waals surface area (Å²) in [5, 5.41) is 3.87. The maximum absolute atomic E-state index is 11.8. The fourth-order valence-electron chi connectivity index (χ4n) is 1.65. The van der Waals surface area contributed by atoms with Gasteiger partial charge in [-0.1, -0.05) is 0 Å². The van der Waals surface area contributed by atoms with Crippen molar-refractivity contribution in [2.24, 2.45) is 7.05 Å². The minimum Gasteiger partial charge on any atom is -0.466 e. The van der Waals surface area contributed by atoms with Gasteiger partial charge >= 0.3 is 0 Å². The van der Waals surface area contributed by atoms with Crippen LogP contribution in [0.2, 0.25) is 0 Å². The molecule has 0 aliphatic carbocycles. The number of aryl methyl sites for hydroxylation is 3. The second-order valence-electron chi connectivity index (χ2n) is 4.14. The lowest BCUT2D eigenvalue weighted by Gasteiger charge is -2.04. The first kappa shape index (κ1) is 12.9. The minimum absolute atomic E-state index is 0.364. The molecule has 2 aromatic rings. The summed E-state index contributed by atoms with van der Waals surface area (Å²) in [6.45, 7) is 3.43. The van der Waals surface area contributed by atoms with Crippen LogP contribution < -0.4 is 10.9 Å². The number of carbonyl (C=O) groups is 2. The zero-order chi connectivity index (χ0) is 14.0. The van der Waals surface area contributed by atoms with Crippen LogP contribution in [0.15, 0.2) is 22.9 Å². The average molecular weight is 262 g/mol. The summed E-state index contributed by atoms with van der Waals surface area (Å²) in [5.74, 6) is 0.290. The van der Waals surface area contributed by atoms with Crippen LogP contribution in [0.3, 0.4) is 0 Å². The second kappa shape index (κ2) is 4.97. The van der Waals surface area contributed by atoms with E-state index in [4.69, 9.17) is 4.42 Å². The first-order valence-electron chi connectivity index (χ1n) is 5.63. The SMILES string of the molecule is Cc1cc(C(=O)NNC(=O)c2cnn(C)c2)c(C)o1. The Kier molecular flexibility index (Phi) is 3.37. The van der Waals surface area contributed by atoms with Crippen molar-refractivity contribution in [1.29, 1.82) is 0 Å². The Balaban J connectivity index is 1.97. The van der Waals surface area contributed by atoms with Gasteiger partial charge in [0, 0.05) is 13.2 Å². The highest BCUT2D eigenvalue weighted by atomic mass is 16.3. The van der Waals surface area contributed by atoms with Crippen molar-refractivity contribution in [2.45, 2.75) is 13.8 Å². The van der Waals surface area contributed by atoms with Crippen LogP contribution in [0.25, 0.3) is 0 Å². The minimum atomic E-state index is -0.431. The van der Waals surface area contributed by atoms with Crippen molar-refractivity contribution in [3.63, 3.8) is 0 Å². The first-order chi connectivity index (χ1) is 8.97. The normalized spacial score (nSPS) is 10.3. The molecule has 7 nitrogen and oxygen atoms in total. The molecule has 0 aliphatic rings. The number of hydrogen-bond donors (Lipinski definition) is 2. The summed E-state index contributed by atoms with van der Waals surface area (Å²) >= 11 is 0. The van der Waals surface area contributed by atoms with Crippen molar-refractivity contribution < 1.29 is 14.0 Å². The molecule has 19 heavy (non-hydrogen) atoms. The van der Waals surface area contributed by atoms with Crippen LogP contribution in [-0.4, -0.2) is 21.6 Å². The largest absolute Gasteiger partial charge is 0.466 e. The number of nitrogens with zero attached hydrogens (tertiary/aromatic N) is 2. The molecule has 0 saturated carbocycles. The van der Waals surface area contributed by atoms with Gasteiger partial charge in [-0.2, -0.15) is 5.10 Å². The van der Waals surface area contributed by atoms with Gasteiger partial charge in [-0.05, 0) is 19.9 Å². The highest BCUT2D eigenvalue weighted by Gasteiger charge is 2.15. The van der Waals surface area contributed by atoms with E-state index < -0.39 is 11.8 Å². The number of nitrogens with one attached hydrogen (secondary N) is 2. The topological polar surface area (TPSA) is 89.2 Å². The van der Waals surface area contributed by atoms with Crippen molar-refractivity contribution >= 4 is 11.8 Å². The zero-order valence-corrected chi connectivity index (χ0v) is 10.9. The van der Waals surface area contributed by atoms with Crippen LogP contribution in [-0.2, 0) is 7.05 Å². The summed E-state index contributed by atoms with van der Waals surface area (Å²) < 4.78 is 6.74. The summed E-state index contributed by atoms with van der Waals surface area (Å²) in [7, 11) is 1.70. The molecule has 0 saturated heterocycles. The van der Waals surface area contributed by atoms with Crippen LogP contribution in [0.4, 0.5) is 0 Å². The van der Waals surface area contributed by atoms with E-state index >= 15 is 0 Å². The van der Waals surface area contributed by atoms with Crippen molar-refractivity contribution in [1.82, 2.24) is 20.6 Å². The Labute approximate surface area is 109 Å².